The van der Waals surface area contributed by atoms with Gasteiger partial charge in [0.05, 0.1) is 12.9 Å². The topological polar surface area (TPSA) is 74.7 Å². The molecule has 1 aromatic carbocycles. The predicted molar refractivity (Wildman–Crippen MR) is 73.2 cm³/mol. The predicted octanol–water partition coefficient (Wildman–Crippen LogP) is 2.65. The number of hydrogen-bond acceptors (Lipinski definition) is 5. The van der Waals surface area contributed by atoms with Gasteiger partial charge in [-0.2, -0.15) is 0 Å². The zero-order valence-electron chi connectivity index (χ0n) is 9.67. The number of rotatable bonds is 3. The maximum absolute atomic E-state index is 9.09. The van der Waals surface area contributed by atoms with Gasteiger partial charge >= 0.3 is 0 Å². The number of benzene rings is 1. The van der Waals surface area contributed by atoms with Gasteiger partial charge in [0.1, 0.15) is 16.9 Å². The van der Waals surface area contributed by atoms with Crippen molar-refractivity contribution in [2.45, 2.75) is 16.5 Å². The molecule has 0 unspecified atom stereocenters. The van der Waals surface area contributed by atoms with E-state index >= 15 is 0 Å². The summed E-state index contributed by atoms with van der Waals surface area (Å²) in [6.45, 7) is -0.0674. The van der Waals surface area contributed by atoms with Gasteiger partial charge in [-0.25, -0.2) is 15.0 Å². The minimum absolute atomic E-state index is 0.0674. The molecule has 0 atom stereocenters. The molecule has 3 rings (SSSR count). The lowest BCUT2D eigenvalue weighted by Gasteiger charge is -2.04. The standard InChI is InChI=1S/C12H9ClN4OS/c13-9-3-8(2-1-7(9)4-18)19-12-10-11(15-5-14-10)16-6-17-12/h1-3,5-6,18H,4H2,(H,14,15,16,17). The van der Waals surface area contributed by atoms with E-state index in [0.29, 0.717) is 16.2 Å². The van der Waals surface area contributed by atoms with Crippen LogP contribution in [0.3, 0.4) is 0 Å². The molecule has 0 aliphatic heterocycles. The Bertz CT molecular complexity index is 731. The molecule has 0 saturated heterocycles. The van der Waals surface area contributed by atoms with E-state index in [1.54, 1.807) is 12.4 Å². The van der Waals surface area contributed by atoms with Crippen LogP contribution in [0.2, 0.25) is 5.02 Å². The first kappa shape index (κ1) is 12.4. The van der Waals surface area contributed by atoms with Gasteiger partial charge in [-0.15, -0.1) is 0 Å². The van der Waals surface area contributed by atoms with E-state index in [4.69, 9.17) is 16.7 Å². The molecule has 2 aromatic heterocycles. The molecule has 2 heterocycles. The van der Waals surface area contributed by atoms with E-state index in [0.717, 1.165) is 15.4 Å². The Morgan fingerprint density at radius 3 is 2.95 bits per heavy atom. The van der Waals surface area contributed by atoms with E-state index < -0.39 is 0 Å². The monoisotopic (exact) mass is 292 g/mol. The van der Waals surface area contributed by atoms with Crippen LogP contribution < -0.4 is 0 Å². The van der Waals surface area contributed by atoms with Gasteiger partial charge in [0.15, 0.2) is 5.65 Å². The number of aliphatic hydroxyl groups excluding tert-OH is 1. The van der Waals surface area contributed by atoms with E-state index in [1.807, 2.05) is 12.1 Å². The quantitative estimate of drug-likeness (QED) is 0.726. The summed E-state index contributed by atoms with van der Waals surface area (Å²) >= 11 is 7.53. The molecule has 7 heteroatoms. The number of aromatic amines is 1. The van der Waals surface area contributed by atoms with Crippen molar-refractivity contribution >= 4 is 34.5 Å². The average molecular weight is 293 g/mol. The van der Waals surface area contributed by atoms with Crippen LogP contribution in [0.4, 0.5) is 0 Å². The highest BCUT2D eigenvalue weighted by molar-refractivity contribution is 7.99. The third-order valence-electron chi connectivity index (χ3n) is 2.60. The molecular formula is C12H9ClN4OS. The number of aliphatic hydroxyl groups is 1. The van der Waals surface area contributed by atoms with Crippen molar-refractivity contribution in [2.75, 3.05) is 0 Å². The van der Waals surface area contributed by atoms with Crippen LogP contribution in [0.5, 0.6) is 0 Å². The second kappa shape index (κ2) is 5.16. The number of nitrogens with one attached hydrogen (secondary N) is 1. The highest BCUT2D eigenvalue weighted by Gasteiger charge is 2.09. The van der Waals surface area contributed by atoms with Crippen LogP contribution in [0, 0.1) is 0 Å². The fourth-order valence-electron chi connectivity index (χ4n) is 1.65. The van der Waals surface area contributed by atoms with Gasteiger partial charge in [-0.3, -0.25) is 0 Å². The molecule has 0 saturated carbocycles. The Kier molecular flexibility index (Phi) is 3.37. The summed E-state index contributed by atoms with van der Waals surface area (Å²) < 4.78 is 0. The molecule has 0 radical (unpaired) electrons. The first-order valence-electron chi connectivity index (χ1n) is 5.49. The van der Waals surface area contributed by atoms with Crippen molar-refractivity contribution in [3.63, 3.8) is 0 Å². The Morgan fingerprint density at radius 1 is 1.26 bits per heavy atom. The van der Waals surface area contributed by atoms with Crippen LogP contribution in [-0.2, 0) is 6.61 Å². The molecule has 0 amide bonds. The first-order chi connectivity index (χ1) is 9.28. The van der Waals surface area contributed by atoms with Crippen molar-refractivity contribution < 1.29 is 5.11 Å². The molecule has 0 aliphatic carbocycles. The lowest BCUT2D eigenvalue weighted by Crippen LogP contribution is -1.88. The third-order valence-corrected chi connectivity index (χ3v) is 3.94. The number of imidazole rings is 1. The largest absolute Gasteiger partial charge is 0.392 e. The molecule has 5 nitrogen and oxygen atoms in total. The molecule has 19 heavy (non-hydrogen) atoms. The van der Waals surface area contributed by atoms with Crippen LogP contribution in [0.25, 0.3) is 11.2 Å². The highest BCUT2D eigenvalue weighted by atomic mass is 35.5. The van der Waals surface area contributed by atoms with E-state index in [1.165, 1.54) is 18.1 Å². The summed E-state index contributed by atoms with van der Waals surface area (Å²) in [6.07, 6.45) is 3.07. The number of aromatic nitrogens is 4. The van der Waals surface area contributed by atoms with Crippen molar-refractivity contribution in [3.05, 3.63) is 41.4 Å². The van der Waals surface area contributed by atoms with Crippen LogP contribution in [0.15, 0.2) is 40.8 Å². The molecule has 3 aromatic rings. The minimum Gasteiger partial charge on any atom is -0.392 e. The number of halogens is 1. The zero-order valence-corrected chi connectivity index (χ0v) is 11.2. The van der Waals surface area contributed by atoms with Crippen molar-refractivity contribution in [1.82, 2.24) is 19.9 Å². The van der Waals surface area contributed by atoms with E-state index in [-0.39, 0.29) is 6.61 Å². The number of nitrogens with zero attached hydrogens (tertiary/aromatic N) is 3. The zero-order chi connectivity index (χ0) is 13.2. The lowest BCUT2D eigenvalue weighted by atomic mass is 10.2. The highest BCUT2D eigenvalue weighted by Crippen LogP contribution is 2.32. The summed E-state index contributed by atoms with van der Waals surface area (Å²) in [5.41, 5.74) is 2.14. The Labute approximate surface area is 118 Å². The lowest BCUT2D eigenvalue weighted by molar-refractivity contribution is 0.282. The molecular weight excluding hydrogens is 284 g/mol. The number of fused-ring (bicyclic) bond motifs is 1. The minimum atomic E-state index is -0.0674. The number of hydrogen-bond donors (Lipinski definition) is 2. The molecule has 0 bridgehead atoms. The summed E-state index contributed by atoms with van der Waals surface area (Å²) in [5, 5.41) is 10.4. The molecule has 0 spiro atoms. The van der Waals surface area contributed by atoms with Crippen molar-refractivity contribution in [3.8, 4) is 0 Å². The van der Waals surface area contributed by atoms with Crippen LogP contribution in [-0.4, -0.2) is 25.0 Å². The number of H-pyrrole nitrogens is 1. The smallest absolute Gasteiger partial charge is 0.181 e. The fraction of sp³-hybridized carbons (Fsp3) is 0.0833. The van der Waals surface area contributed by atoms with Gasteiger partial charge in [-0.05, 0) is 17.7 Å². The van der Waals surface area contributed by atoms with Crippen molar-refractivity contribution in [1.29, 1.82) is 0 Å². The van der Waals surface area contributed by atoms with Gasteiger partial charge in [0.25, 0.3) is 0 Å². The molecule has 2 N–H and O–H groups in total. The second-order valence-electron chi connectivity index (χ2n) is 3.79. The third kappa shape index (κ3) is 2.42. The van der Waals surface area contributed by atoms with Crippen LogP contribution >= 0.6 is 23.4 Å². The Morgan fingerprint density at radius 2 is 2.16 bits per heavy atom. The molecule has 96 valence electrons. The Hall–Kier alpha value is -1.63. The summed E-state index contributed by atoms with van der Waals surface area (Å²) in [5.74, 6) is 0. The van der Waals surface area contributed by atoms with Gasteiger partial charge in [0.2, 0.25) is 0 Å². The fourth-order valence-corrected chi connectivity index (χ4v) is 2.84. The van der Waals surface area contributed by atoms with Crippen LogP contribution in [0.1, 0.15) is 5.56 Å². The summed E-state index contributed by atoms with van der Waals surface area (Å²) in [7, 11) is 0. The van der Waals surface area contributed by atoms with Gasteiger partial charge in [0, 0.05) is 9.92 Å². The molecule has 0 aliphatic rings. The summed E-state index contributed by atoms with van der Waals surface area (Å²) in [6, 6.07) is 5.50. The maximum Gasteiger partial charge on any atom is 0.181 e. The normalized spacial score (nSPS) is 11.1. The maximum atomic E-state index is 9.09. The van der Waals surface area contributed by atoms with Crippen molar-refractivity contribution in [2.24, 2.45) is 0 Å². The average Bonchev–Trinajstić information content (AvgIpc) is 2.88. The van der Waals surface area contributed by atoms with E-state index in [2.05, 4.69) is 19.9 Å². The first-order valence-corrected chi connectivity index (χ1v) is 6.68. The van der Waals surface area contributed by atoms with E-state index in [9.17, 15) is 0 Å². The SMILES string of the molecule is OCc1ccc(Sc2ncnc3nc[nH]c23)cc1Cl. The van der Waals surface area contributed by atoms with Gasteiger partial charge in [-0.1, -0.05) is 29.4 Å². The molecule has 0 fully saturated rings. The summed E-state index contributed by atoms with van der Waals surface area (Å²) in [4.78, 5) is 16.3. The van der Waals surface area contributed by atoms with Gasteiger partial charge < -0.3 is 10.1 Å². The second-order valence-corrected chi connectivity index (χ2v) is 5.26. The Balaban J connectivity index is 1.97.